The average molecular weight is 400 g/mol. The molecule has 3 fully saturated rings. The third-order valence-electron chi connectivity index (χ3n) is 6.84. The molecule has 4 rings (SSSR count). The van der Waals surface area contributed by atoms with Crippen LogP contribution in [0.15, 0.2) is 24.3 Å². The van der Waals surface area contributed by atoms with Gasteiger partial charge in [0.25, 0.3) is 5.91 Å². The molecule has 158 valence electrons. The summed E-state index contributed by atoms with van der Waals surface area (Å²) in [4.78, 5) is 31.5. The van der Waals surface area contributed by atoms with Crippen molar-refractivity contribution < 1.29 is 14.3 Å². The van der Waals surface area contributed by atoms with Gasteiger partial charge in [0, 0.05) is 44.3 Å². The summed E-state index contributed by atoms with van der Waals surface area (Å²) in [5.74, 6) is 1.76. The molecule has 0 spiro atoms. The first-order valence-electron chi connectivity index (χ1n) is 11.1. The van der Waals surface area contributed by atoms with E-state index in [0.29, 0.717) is 18.5 Å². The zero-order valence-corrected chi connectivity index (χ0v) is 17.7. The molecule has 0 saturated carbocycles. The number of hydrogen-bond donors (Lipinski definition) is 0. The third kappa shape index (κ3) is 4.42. The number of piperazine rings is 1. The van der Waals surface area contributed by atoms with E-state index >= 15 is 0 Å². The van der Waals surface area contributed by atoms with Gasteiger partial charge in [-0.25, -0.2) is 0 Å². The molecule has 3 aliphatic heterocycles. The maximum absolute atomic E-state index is 12.7. The maximum atomic E-state index is 12.7. The molecule has 3 heterocycles. The van der Waals surface area contributed by atoms with Gasteiger partial charge in [-0.3, -0.25) is 14.5 Å². The molecular formula is C23H33N3O3. The summed E-state index contributed by atoms with van der Waals surface area (Å²) >= 11 is 0. The second-order valence-electron chi connectivity index (χ2n) is 8.89. The number of carbonyl (C=O) groups excluding carboxylic acids is 2. The number of nitrogens with zero attached hydrogens (tertiary/aromatic N) is 3. The lowest BCUT2D eigenvalue weighted by Crippen LogP contribution is -2.58. The molecule has 0 aliphatic carbocycles. The Hall–Kier alpha value is -2.08. The fourth-order valence-electron chi connectivity index (χ4n) is 4.82. The second kappa shape index (κ2) is 8.74. The highest BCUT2D eigenvalue weighted by Crippen LogP contribution is 2.29. The molecule has 0 radical (unpaired) electrons. The number of para-hydroxylation sites is 1. The van der Waals surface area contributed by atoms with E-state index in [4.69, 9.17) is 4.74 Å². The van der Waals surface area contributed by atoms with Crippen LogP contribution in [0.3, 0.4) is 0 Å². The van der Waals surface area contributed by atoms with Gasteiger partial charge in [0.15, 0.2) is 6.61 Å². The van der Waals surface area contributed by atoms with Crippen molar-refractivity contribution in [2.24, 2.45) is 5.92 Å². The van der Waals surface area contributed by atoms with Crippen molar-refractivity contribution in [2.75, 3.05) is 32.8 Å². The highest BCUT2D eigenvalue weighted by Gasteiger charge is 2.40. The fraction of sp³-hybridized carbons (Fsp3) is 0.652. The molecule has 6 heteroatoms. The van der Waals surface area contributed by atoms with Gasteiger partial charge in [-0.15, -0.1) is 0 Å². The van der Waals surface area contributed by atoms with Crippen LogP contribution in [0.5, 0.6) is 5.75 Å². The average Bonchev–Trinajstić information content (AvgIpc) is 3.20. The molecule has 6 nitrogen and oxygen atoms in total. The van der Waals surface area contributed by atoms with Crippen LogP contribution in [0.1, 0.15) is 45.1 Å². The first-order chi connectivity index (χ1) is 14.0. The van der Waals surface area contributed by atoms with Gasteiger partial charge in [-0.2, -0.15) is 0 Å². The highest BCUT2D eigenvalue weighted by atomic mass is 16.5. The summed E-state index contributed by atoms with van der Waals surface area (Å²) in [5, 5.41) is 0. The van der Waals surface area contributed by atoms with Crippen molar-refractivity contribution in [3.05, 3.63) is 29.8 Å². The zero-order valence-electron chi connectivity index (χ0n) is 17.7. The van der Waals surface area contributed by atoms with E-state index in [1.165, 1.54) is 0 Å². The van der Waals surface area contributed by atoms with Crippen LogP contribution in [-0.4, -0.2) is 71.4 Å². The lowest BCUT2D eigenvalue weighted by atomic mass is 9.99. The summed E-state index contributed by atoms with van der Waals surface area (Å²) in [6.07, 6.45) is 4.34. The number of benzene rings is 1. The molecule has 0 N–H and O–H groups in total. The highest BCUT2D eigenvalue weighted by molar-refractivity contribution is 5.83. The van der Waals surface area contributed by atoms with E-state index < -0.39 is 0 Å². The number of carbonyl (C=O) groups is 2. The van der Waals surface area contributed by atoms with Gasteiger partial charge in [-0.05, 0) is 44.6 Å². The SMILES string of the molecule is CC1CCN(C(=O)COc2ccccc2CN2C[C@@H]3CCCN3C(=O)[C@H]2C)CC1. The largest absolute Gasteiger partial charge is 0.483 e. The summed E-state index contributed by atoms with van der Waals surface area (Å²) in [6.45, 7) is 8.46. The van der Waals surface area contributed by atoms with Crippen molar-refractivity contribution in [1.29, 1.82) is 0 Å². The summed E-state index contributed by atoms with van der Waals surface area (Å²) in [5.41, 5.74) is 1.04. The predicted octanol–water partition coefficient (Wildman–Crippen LogP) is 2.52. The van der Waals surface area contributed by atoms with Crippen molar-refractivity contribution in [1.82, 2.24) is 14.7 Å². The van der Waals surface area contributed by atoms with E-state index in [9.17, 15) is 9.59 Å². The molecule has 2 amide bonds. The number of ether oxygens (including phenoxy) is 1. The van der Waals surface area contributed by atoms with E-state index in [-0.39, 0.29) is 24.5 Å². The Kier molecular flexibility index (Phi) is 6.09. The lowest BCUT2D eigenvalue weighted by molar-refractivity contribution is -0.143. The minimum atomic E-state index is -0.116. The Morgan fingerprint density at radius 1 is 1.10 bits per heavy atom. The van der Waals surface area contributed by atoms with E-state index in [2.05, 4.69) is 16.7 Å². The van der Waals surface area contributed by atoms with Crippen LogP contribution in [0.2, 0.25) is 0 Å². The minimum absolute atomic E-state index is 0.0646. The maximum Gasteiger partial charge on any atom is 0.260 e. The van der Waals surface area contributed by atoms with Crippen molar-refractivity contribution in [3.8, 4) is 5.75 Å². The fourth-order valence-corrected chi connectivity index (χ4v) is 4.82. The molecule has 3 aliphatic rings. The molecule has 1 aromatic carbocycles. The van der Waals surface area contributed by atoms with Gasteiger partial charge in [-0.1, -0.05) is 25.1 Å². The Bertz CT molecular complexity index is 745. The Morgan fingerprint density at radius 3 is 2.66 bits per heavy atom. The van der Waals surface area contributed by atoms with Gasteiger partial charge in [0.2, 0.25) is 5.91 Å². The Morgan fingerprint density at radius 2 is 1.86 bits per heavy atom. The lowest BCUT2D eigenvalue weighted by Gasteiger charge is -2.41. The summed E-state index contributed by atoms with van der Waals surface area (Å²) in [7, 11) is 0. The number of amides is 2. The quantitative estimate of drug-likeness (QED) is 0.764. The molecule has 0 aromatic heterocycles. The number of hydrogen-bond acceptors (Lipinski definition) is 4. The number of rotatable bonds is 5. The van der Waals surface area contributed by atoms with Crippen LogP contribution in [0.4, 0.5) is 0 Å². The van der Waals surface area contributed by atoms with Gasteiger partial charge < -0.3 is 14.5 Å². The van der Waals surface area contributed by atoms with Crippen LogP contribution in [-0.2, 0) is 16.1 Å². The molecule has 1 aromatic rings. The minimum Gasteiger partial charge on any atom is -0.483 e. The Labute approximate surface area is 173 Å². The normalized spacial score (nSPS) is 25.9. The molecule has 2 atom stereocenters. The molecule has 29 heavy (non-hydrogen) atoms. The number of piperidine rings is 1. The van der Waals surface area contributed by atoms with Crippen LogP contribution in [0.25, 0.3) is 0 Å². The first-order valence-corrected chi connectivity index (χ1v) is 11.1. The van der Waals surface area contributed by atoms with Crippen molar-refractivity contribution in [3.63, 3.8) is 0 Å². The molecular weight excluding hydrogens is 366 g/mol. The summed E-state index contributed by atoms with van der Waals surface area (Å²) < 4.78 is 5.96. The van der Waals surface area contributed by atoms with Gasteiger partial charge in [0.1, 0.15) is 5.75 Å². The number of fused-ring (bicyclic) bond motifs is 1. The molecule has 0 bridgehead atoms. The standard InChI is InChI=1S/C23H33N3O3/c1-17-9-12-24(13-10-17)22(27)16-29-21-8-4-3-6-19(21)14-25-15-20-7-5-11-26(20)23(28)18(25)2/h3-4,6,8,17-18,20H,5,7,9-16H2,1-2H3/t18-,20+/m1/s1. The van der Waals surface area contributed by atoms with Crippen LogP contribution in [0, 0.1) is 5.92 Å². The molecule has 0 unspecified atom stereocenters. The zero-order chi connectivity index (χ0) is 20.4. The van der Waals surface area contributed by atoms with Crippen molar-refractivity contribution in [2.45, 2.75) is 58.2 Å². The smallest absolute Gasteiger partial charge is 0.260 e. The van der Waals surface area contributed by atoms with Gasteiger partial charge >= 0.3 is 0 Å². The first kappa shape index (κ1) is 20.2. The number of likely N-dealkylation sites (tertiary alicyclic amines) is 1. The van der Waals surface area contributed by atoms with E-state index in [1.807, 2.05) is 36.1 Å². The Balaban J connectivity index is 1.38. The predicted molar refractivity (Wildman–Crippen MR) is 112 cm³/mol. The molecule has 3 saturated heterocycles. The summed E-state index contributed by atoms with van der Waals surface area (Å²) in [6, 6.07) is 8.13. The van der Waals surface area contributed by atoms with E-state index in [1.54, 1.807) is 0 Å². The van der Waals surface area contributed by atoms with E-state index in [0.717, 1.165) is 63.2 Å². The monoisotopic (exact) mass is 399 g/mol. The second-order valence-corrected chi connectivity index (χ2v) is 8.89. The third-order valence-corrected chi connectivity index (χ3v) is 6.84. The van der Waals surface area contributed by atoms with Gasteiger partial charge in [0.05, 0.1) is 6.04 Å². The topological polar surface area (TPSA) is 53.1 Å². The van der Waals surface area contributed by atoms with Crippen molar-refractivity contribution >= 4 is 11.8 Å². The van der Waals surface area contributed by atoms with Crippen LogP contribution >= 0.6 is 0 Å². The van der Waals surface area contributed by atoms with Crippen LogP contribution < -0.4 is 4.74 Å².